The summed E-state index contributed by atoms with van der Waals surface area (Å²) in [5.74, 6) is 1.40. The van der Waals surface area contributed by atoms with Crippen LogP contribution in [0.4, 0.5) is 0 Å². The van der Waals surface area contributed by atoms with Crippen LogP contribution in [0.5, 0.6) is 11.5 Å². The molecule has 0 aliphatic carbocycles. The number of carbonyl (C=O) groups excluding carboxylic acids is 1. The van der Waals surface area contributed by atoms with E-state index in [9.17, 15) is 4.79 Å². The molecule has 1 saturated heterocycles. The number of hydrogen-bond donors (Lipinski definition) is 1. The Morgan fingerprint density at radius 1 is 1.46 bits per heavy atom. The Morgan fingerprint density at radius 3 is 3.08 bits per heavy atom. The van der Waals surface area contributed by atoms with Crippen molar-refractivity contribution in [2.75, 3.05) is 26.9 Å². The number of benzene rings is 1. The van der Waals surface area contributed by atoms with Gasteiger partial charge in [-0.05, 0) is 24.6 Å². The van der Waals surface area contributed by atoms with E-state index in [1.54, 1.807) is 30.8 Å². The van der Waals surface area contributed by atoms with E-state index in [0.29, 0.717) is 42.7 Å². The van der Waals surface area contributed by atoms with Crippen molar-refractivity contribution in [1.29, 1.82) is 0 Å². The van der Waals surface area contributed by atoms with E-state index in [4.69, 9.17) is 14.2 Å². The molecule has 0 radical (unpaired) electrons. The molecule has 0 unspecified atom stereocenters. The molecule has 1 aliphatic rings. The van der Waals surface area contributed by atoms with Gasteiger partial charge in [0.05, 0.1) is 24.9 Å². The van der Waals surface area contributed by atoms with Crippen LogP contribution < -0.4 is 14.8 Å². The lowest BCUT2D eigenvalue weighted by molar-refractivity contribution is 0.0944. The van der Waals surface area contributed by atoms with Crippen molar-refractivity contribution in [3.63, 3.8) is 0 Å². The number of methoxy groups -OCH3 is 1. The fourth-order valence-corrected chi connectivity index (χ4v) is 3.02. The van der Waals surface area contributed by atoms with Crippen LogP contribution in [0, 0.1) is 5.92 Å². The van der Waals surface area contributed by atoms with Gasteiger partial charge in [-0.25, -0.2) is 4.98 Å². The maximum Gasteiger partial charge on any atom is 0.251 e. The maximum absolute atomic E-state index is 12.3. The largest absolute Gasteiger partial charge is 0.493 e. The number of nitrogens with zero attached hydrogens (tertiary/aromatic N) is 1. The summed E-state index contributed by atoms with van der Waals surface area (Å²) in [6.07, 6.45) is 0.993. The topological polar surface area (TPSA) is 69.7 Å². The summed E-state index contributed by atoms with van der Waals surface area (Å²) < 4.78 is 16.4. The van der Waals surface area contributed by atoms with Gasteiger partial charge in [-0.2, -0.15) is 0 Å². The van der Waals surface area contributed by atoms with E-state index >= 15 is 0 Å². The fraction of sp³-hybridized carbons (Fsp3) is 0.412. The van der Waals surface area contributed by atoms with Crippen LogP contribution in [0.15, 0.2) is 29.1 Å². The van der Waals surface area contributed by atoms with Crippen molar-refractivity contribution in [3.8, 4) is 11.5 Å². The molecule has 1 aromatic heterocycles. The normalized spacial score (nSPS) is 16.8. The molecule has 1 aromatic carbocycles. The second-order valence-corrected chi connectivity index (χ2v) is 6.29. The average molecular weight is 348 g/mol. The van der Waals surface area contributed by atoms with Crippen LogP contribution in [0.1, 0.15) is 22.5 Å². The molecule has 6 nitrogen and oxygen atoms in total. The molecule has 128 valence electrons. The molecule has 1 N–H and O–H groups in total. The van der Waals surface area contributed by atoms with Gasteiger partial charge in [-0.15, -0.1) is 11.3 Å². The zero-order chi connectivity index (χ0) is 16.8. The van der Waals surface area contributed by atoms with Crippen molar-refractivity contribution >= 4 is 17.2 Å². The van der Waals surface area contributed by atoms with Crippen molar-refractivity contribution in [3.05, 3.63) is 40.3 Å². The summed E-state index contributed by atoms with van der Waals surface area (Å²) in [5.41, 5.74) is 3.17. The van der Waals surface area contributed by atoms with Crippen LogP contribution in [0.25, 0.3) is 0 Å². The van der Waals surface area contributed by atoms with Crippen LogP contribution >= 0.6 is 11.3 Å². The zero-order valence-corrected chi connectivity index (χ0v) is 14.3. The molecule has 1 aliphatic heterocycles. The van der Waals surface area contributed by atoms with Gasteiger partial charge in [-0.3, -0.25) is 4.79 Å². The van der Waals surface area contributed by atoms with Gasteiger partial charge in [0.15, 0.2) is 11.5 Å². The van der Waals surface area contributed by atoms with Crippen molar-refractivity contribution in [1.82, 2.24) is 10.3 Å². The lowest BCUT2D eigenvalue weighted by atomic mass is 10.1. The third-order valence-corrected chi connectivity index (χ3v) is 4.50. The smallest absolute Gasteiger partial charge is 0.251 e. The summed E-state index contributed by atoms with van der Waals surface area (Å²) in [5, 5.41) is 4.87. The van der Waals surface area contributed by atoms with Gasteiger partial charge >= 0.3 is 0 Å². The van der Waals surface area contributed by atoms with E-state index in [1.807, 2.05) is 5.38 Å². The predicted octanol–water partition coefficient (Wildman–Crippen LogP) is 2.50. The monoisotopic (exact) mass is 348 g/mol. The minimum absolute atomic E-state index is 0.119. The van der Waals surface area contributed by atoms with Gasteiger partial charge in [-0.1, -0.05) is 0 Å². The highest BCUT2D eigenvalue weighted by Gasteiger charge is 2.17. The molecule has 0 saturated carbocycles. The van der Waals surface area contributed by atoms with Crippen LogP contribution in [0.2, 0.25) is 0 Å². The van der Waals surface area contributed by atoms with E-state index in [2.05, 4.69) is 10.3 Å². The number of carbonyl (C=O) groups is 1. The van der Waals surface area contributed by atoms with Crippen LogP contribution in [-0.4, -0.2) is 37.8 Å². The zero-order valence-electron chi connectivity index (χ0n) is 13.5. The first-order chi connectivity index (χ1) is 11.8. The van der Waals surface area contributed by atoms with Gasteiger partial charge in [0.2, 0.25) is 0 Å². The standard InChI is InChI=1S/C17H20N2O4S/c1-21-16-6-13(17(20)18-7-12-4-5-22-8-12)2-3-15(16)23-9-14-10-24-11-19-14/h2-3,6,10-12H,4-5,7-9H2,1H3,(H,18,20)/t12-/m0/s1. The molecule has 7 heteroatoms. The first kappa shape index (κ1) is 16.7. The molecule has 2 heterocycles. The van der Waals surface area contributed by atoms with Crippen molar-refractivity contribution < 1.29 is 19.0 Å². The van der Waals surface area contributed by atoms with Gasteiger partial charge in [0.25, 0.3) is 5.91 Å². The number of amides is 1. The third kappa shape index (κ3) is 4.24. The highest BCUT2D eigenvalue weighted by Crippen LogP contribution is 2.29. The summed E-state index contributed by atoms with van der Waals surface area (Å²) in [4.78, 5) is 16.4. The average Bonchev–Trinajstić information content (AvgIpc) is 3.31. The molecule has 2 aromatic rings. The molecule has 1 amide bonds. The first-order valence-electron chi connectivity index (χ1n) is 7.80. The summed E-state index contributed by atoms with van der Waals surface area (Å²) >= 11 is 1.52. The molecule has 1 atom stereocenters. The Kier molecular flexibility index (Phi) is 5.66. The number of rotatable bonds is 7. The van der Waals surface area contributed by atoms with Crippen LogP contribution in [-0.2, 0) is 11.3 Å². The quantitative estimate of drug-likeness (QED) is 0.832. The van der Waals surface area contributed by atoms with E-state index in [1.165, 1.54) is 11.3 Å². The van der Waals surface area contributed by atoms with E-state index in [-0.39, 0.29) is 5.91 Å². The maximum atomic E-state index is 12.3. The van der Waals surface area contributed by atoms with Crippen molar-refractivity contribution in [2.45, 2.75) is 13.0 Å². The molecule has 3 rings (SSSR count). The highest BCUT2D eigenvalue weighted by molar-refractivity contribution is 7.07. The molecule has 24 heavy (non-hydrogen) atoms. The second kappa shape index (κ2) is 8.12. The highest BCUT2D eigenvalue weighted by atomic mass is 32.1. The third-order valence-electron chi connectivity index (χ3n) is 3.86. The molecule has 1 fully saturated rings. The van der Waals surface area contributed by atoms with Gasteiger partial charge in [0, 0.05) is 30.0 Å². The first-order valence-corrected chi connectivity index (χ1v) is 8.74. The molecular formula is C17H20N2O4S. The number of nitrogens with one attached hydrogen (secondary N) is 1. The van der Waals surface area contributed by atoms with Gasteiger partial charge in [0.1, 0.15) is 6.61 Å². The second-order valence-electron chi connectivity index (χ2n) is 5.57. The van der Waals surface area contributed by atoms with Crippen molar-refractivity contribution in [2.24, 2.45) is 5.92 Å². The Labute approximate surface area is 144 Å². The Hall–Kier alpha value is -2.12. The van der Waals surface area contributed by atoms with Crippen LogP contribution in [0.3, 0.4) is 0 Å². The lowest BCUT2D eigenvalue weighted by Crippen LogP contribution is -2.29. The number of thiazole rings is 1. The number of ether oxygens (including phenoxy) is 3. The molecular weight excluding hydrogens is 328 g/mol. The SMILES string of the molecule is COc1cc(C(=O)NC[C@@H]2CCOC2)ccc1OCc1cscn1. The number of aromatic nitrogens is 1. The van der Waals surface area contributed by atoms with E-state index < -0.39 is 0 Å². The summed E-state index contributed by atoms with van der Waals surface area (Å²) in [7, 11) is 1.56. The fourth-order valence-electron chi connectivity index (χ4n) is 2.47. The van der Waals surface area contributed by atoms with E-state index in [0.717, 1.165) is 18.7 Å². The minimum atomic E-state index is -0.119. The van der Waals surface area contributed by atoms with Gasteiger partial charge < -0.3 is 19.5 Å². The number of hydrogen-bond acceptors (Lipinski definition) is 6. The summed E-state index contributed by atoms with van der Waals surface area (Å²) in [6.45, 7) is 2.49. The molecule has 0 bridgehead atoms. The predicted molar refractivity (Wildman–Crippen MR) is 90.7 cm³/mol. The lowest BCUT2D eigenvalue weighted by Gasteiger charge is -2.13. The summed E-state index contributed by atoms with van der Waals surface area (Å²) in [6, 6.07) is 5.18. The molecule has 0 spiro atoms. The Balaban J connectivity index is 1.60. The Bertz CT molecular complexity index is 669. The minimum Gasteiger partial charge on any atom is -0.493 e. The Morgan fingerprint density at radius 2 is 2.38 bits per heavy atom.